The molecule has 0 saturated heterocycles. The predicted octanol–water partition coefficient (Wildman–Crippen LogP) is 2.74. The molecular formula is C13H13NO7. The number of amides is 1. The van der Waals surface area contributed by atoms with Crippen LogP contribution in [0.1, 0.15) is 13.8 Å². The maximum Gasteiger partial charge on any atom is 0.414 e. The lowest BCUT2D eigenvalue weighted by atomic mass is 10.3. The van der Waals surface area contributed by atoms with Gasteiger partial charge < -0.3 is 23.4 Å². The number of esters is 1. The monoisotopic (exact) mass is 295 g/mol. The zero-order valence-electron chi connectivity index (χ0n) is 11.3. The molecule has 0 aliphatic rings. The molecule has 2 aromatic heterocycles. The van der Waals surface area contributed by atoms with Crippen LogP contribution in [0.15, 0.2) is 27.2 Å². The van der Waals surface area contributed by atoms with Crippen molar-refractivity contribution in [2.75, 3.05) is 11.9 Å². The van der Waals surface area contributed by atoms with Gasteiger partial charge in [-0.1, -0.05) is 0 Å². The van der Waals surface area contributed by atoms with E-state index in [1.54, 1.807) is 13.0 Å². The minimum atomic E-state index is -0.814. The quantitative estimate of drug-likeness (QED) is 0.834. The molecule has 0 saturated carbocycles. The highest BCUT2D eigenvalue weighted by Crippen LogP contribution is 2.46. The minimum Gasteiger partial charge on any atom is -0.501 e. The Labute approximate surface area is 119 Å². The van der Waals surface area contributed by atoms with Gasteiger partial charge >= 0.3 is 12.1 Å². The van der Waals surface area contributed by atoms with Crippen molar-refractivity contribution in [3.63, 3.8) is 0 Å². The summed E-state index contributed by atoms with van der Waals surface area (Å²) in [6.07, 6.45) is 0.562. The molecule has 112 valence electrons. The Balaban J connectivity index is 2.39. The van der Waals surface area contributed by atoms with E-state index in [0.29, 0.717) is 0 Å². The van der Waals surface area contributed by atoms with Crippen molar-refractivity contribution in [2.45, 2.75) is 13.8 Å². The van der Waals surface area contributed by atoms with Gasteiger partial charge in [0.15, 0.2) is 5.76 Å². The fourth-order valence-electron chi connectivity index (χ4n) is 1.56. The third-order valence-electron chi connectivity index (χ3n) is 2.32. The molecule has 0 aliphatic carbocycles. The van der Waals surface area contributed by atoms with E-state index in [0.717, 1.165) is 6.92 Å². The second kappa shape index (κ2) is 6.04. The van der Waals surface area contributed by atoms with Crippen molar-refractivity contribution in [1.29, 1.82) is 0 Å². The molecule has 0 atom stereocenters. The molecule has 0 fully saturated rings. The SMILES string of the molecule is CCOC(=O)Nc1oc(-c2ccco2)c(O)c1OC(C)=O. The zero-order chi connectivity index (χ0) is 15.4. The van der Waals surface area contributed by atoms with Crippen LogP contribution in [-0.4, -0.2) is 23.8 Å². The Morgan fingerprint density at radius 2 is 2.19 bits per heavy atom. The summed E-state index contributed by atoms with van der Waals surface area (Å²) >= 11 is 0. The Kier molecular flexibility index (Phi) is 4.17. The number of furan rings is 2. The van der Waals surface area contributed by atoms with Gasteiger partial charge in [0.2, 0.25) is 17.3 Å². The van der Waals surface area contributed by atoms with Crippen molar-refractivity contribution >= 4 is 17.9 Å². The Morgan fingerprint density at radius 3 is 2.76 bits per heavy atom. The molecule has 0 aliphatic heterocycles. The Bertz CT molecular complexity index is 642. The highest BCUT2D eigenvalue weighted by Gasteiger charge is 2.27. The van der Waals surface area contributed by atoms with Gasteiger partial charge in [-0.3, -0.25) is 10.1 Å². The lowest BCUT2D eigenvalue weighted by Gasteiger charge is -2.04. The second-order valence-electron chi connectivity index (χ2n) is 3.85. The topological polar surface area (TPSA) is 111 Å². The van der Waals surface area contributed by atoms with E-state index < -0.39 is 17.8 Å². The number of ether oxygens (including phenoxy) is 2. The fourth-order valence-corrected chi connectivity index (χ4v) is 1.56. The van der Waals surface area contributed by atoms with Crippen LogP contribution in [-0.2, 0) is 9.53 Å². The lowest BCUT2D eigenvalue weighted by Crippen LogP contribution is -2.14. The molecule has 2 rings (SSSR count). The summed E-state index contributed by atoms with van der Waals surface area (Å²) in [5.74, 6) is -1.61. The normalized spacial score (nSPS) is 10.2. The largest absolute Gasteiger partial charge is 0.501 e. The molecule has 0 radical (unpaired) electrons. The van der Waals surface area contributed by atoms with Gasteiger partial charge in [0.05, 0.1) is 12.9 Å². The molecular weight excluding hydrogens is 282 g/mol. The van der Waals surface area contributed by atoms with E-state index >= 15 is 0 Å². The summed E-state index contributed by atoms with van der Waals surface area (Å²) in [5, 5.41) is 12.3. The van der Waals surface area contributed by atoms with Gasteiger partial charge in [0.1, 0.15) is 0 Å². The van der Waals surface area contributed by atoms with Crippen LogP contribution >= 0.6 is 0 Å². The Morgan fingerprint density at radius 1 is 1.43 bits per heavy atom. The van der Waals surface area contributed by atoms with Gasteiger partial charge in [-0.15, -0.1) is 0 Å². The number of hydrogen-bond donors (Lipinski definition) is 2. The lowest BCUT2D eigenvalue weighted by molar-refractivity contribution is -0.132. The van der Waals surface area contributed by atoms with Crippen molar-refractivity contribution in [3.8, 4) is 23.0 Å². The van der Waals surface area contributed by atoms with Gasteiger partial charge in [-0.05, 0) is 19.1 Å². The number of hydrogen-bond acceptors (Lipinski definition) is 7. The predicted molar refractivity (Wildman–Crippen MR) is 70.0 cm³/mol. The number of carbonyl (C=O) groups excluding carboxylic acids is 2. The van der Waals surface area contributed by atoms with Gasteiger partial charge in [0.25, 0.3) is 5.88 Å². The first kappa shape index (κ1) is 14.5. The third kappa shape index (κ3) is 3.16. The maximum atomic E-state index is 11.4. The van der Waals surface area contributed by atoms with Gasteiger partial charge in [-0.25, -0.2) is 4.79 Å². The van der Waals surface area contributed by atoms with Gasteiger partial charge in [0, 0.05) is 6.92 Å². The van der Waals surface area contributed by atoms with Crippen molar-refractivity contribution in [1.82, 2.24) is 0 Å². The molecule has 0 bridgehead atoms. The summed E-state index contributed by atoms with van der Waals surface area (Å²) in [7, 11) is 0. The van der Waals surface area contributed by atoms with Crippen LogP contribution in [0.2, 0.25) is 0 Å². The zero-order valence-corrected chi connectivity index (χ0v) is 11.3. The van der Waals surface area contributed by atoms with Crippen LogP contribution in [0, 0.1) is 0 Å². The molecule has 2 aromatic rings. The molecule has 2 heterocycles. The number of nitrogens with one attached hydrogen (secondary N) is 1. The average Bonchev–Trinajstić information content (AvgIpc) is 3.02. The first-order valence-electron chi connectivity index (χ1n) is 6.04. The molecule has 1 amide bonds. The summed E-state index contributed by atoms with van der Waals surface area (Å²) in [4.78, 5) is 22.5. The smallest absolute Gasteiger partial charge is 0.414 e. The molecule has 8 heteroatoms. The number of aromatic hydroxyl groups is 1. The van der Waals surface area contributed by atoms with E-state index in [4.69, 9.17) is 18.3 Å². The first-order chi connectivity index (χ1) is 10.0. The first-order valence-corrected chi connectivity index (χ1v) is 6.04. The summed E-state index contributed by atoms with van der Waals surface area (Å²) < 4.78 is 19.9. The molecule has 0 unspecified atom stereocenters. The van der Waals surface area contributed by atoms with Crippen LogP contribution in [0.4, 0.5) is 10.7 Å². The Hall–Kier alpha value is -2.90. The van der Waals surface area contributed by atoms with Crippen LogP contribution in [0.5, 0.6) is 11.5 Å². The van der Waals surface area contributed by atoms with Crippen LogP contribution in [0.3, 0.4) is 0 Å². The van der Waals surface area contributed by atoms with Crippen LogP contribution in [0.25, 0.3) is 11.5 Å². The van der Waals surface area contributed by atoms with E-state index in [1.807, 2.05) is 0 Å². The summed E-state index contributed by atoms with van der Waals surface area (Å²) in [6, 6.07) is 3.12. The third-order valence-corrected chi connectivity index (χ3v) is 2.32. The van der Waals surface area contributed by atoms with Crippen molar-refractivity contribution < 1.29 is 33.0 Å². The summed E-state index contributed by atoms with van der Waals surface area (Å²) in [5.41, 5.74) is 0. The van der Waals surface area contributed by atoms with E-state index in [9.17, 15) is 14.7 Å². The fraction of sp³-hybridized carbons (Fsp3) is 0.231. The maximum absolute atomic E-state index is 11.4. The second-order valence-corrected chi connectivity index (χ2v) is 3.85. The van der Waals surface area contributed by atoms with E-state index in [1.165, 1.54) is 12.3 Å². The number of anilines is 1. The highest BCUT2D eigenvalue weighted by molar-refractivity contribution is 5.88. The molecule has 8 nitrogen and oxygen atoms in total. The molecule has 0 aromatic carbocycles. The molecule has 21 heavy (non-hydrogen) atoms. The minimum absolute atomic E-state index is 0.0805. The van der Waals surface area contributed by atoms with Gasteiger partial charge in [-0.2, -0.15) is 0 Å². The molecule has 0 spiro atoms. The average molecular weight is 295 g/mol. The number of carbonyl (C=O) groups is 2. The van der Waals surface area contributed by atoms with E-state index in [2.05, 4.69) is 5.32 Å². The standard InChI is InChI=1S/C13H13NO7/c1-3-18-13(17)14-12-11(20-7(2)15)9(16)10(21-12)8-5-4-6-19-8/h4-6,16H,3H2,1-2H3,(H,14,17). The van der Waals surface area contributed by atoms with Crippen LogP contribution < -0.4 is 10.1 Å². The van der Waals surface area contributed by atoms with Crippen molar-refractivity contribution in [2.24, 2.45) is 0 Å². The summed E-state index contributed by atoms with van der Waals surface area (Å²) in [6.45, 7) is 2.92. The van der Waals surface area contributed by atoms with E-state index in [-0.39, 0.29) is 29.8 Å². The molecule has 2 N–H and O–H groups in total. The number of rotatable bonds is 4. The van der Waals surface area contributed by atoms with Crippen molar-refractivity contribution in [3.05, 3.63) is 18.4 Å². The highest BCUT2D eigenvalue weighted by atomic mass is 16.6.